The molecule has 4 nitrogen and oxygen atoms in total. The molecule has 0 amide bonds. The Morgan fingerprint density at radius 1 is 0.690 bits per heavy atom. The van der Waals surface area contributed by atoms with Gasteiger partial charge in [-0.3, -0.25) is 0 Å². The third kappa shape index (κ3) is 9.26. The predicted molar refractivity (Wildman–Crippen MR) is 177 cm³/mol. The van der Waals surface area contributed by atoms with E-state index in [0.29, 0.717) is 0 Å². The highest BCUT2D eigenvalue weighted by molar-refractivity contribution is 5.86. The molecular weight excluding hydrogens is 520 g/mol. The molecule has 3 rings (SSSR count). The molecule has 0 saturated carbocycles. The smallest absolute Gasteiger partial charge is 0.100 e. The van der Waals surface area contributed by atoms with Gasteiger partial charge in [0.15, 0.2) is 0 Å². The van der Waals surface area contributed by atoms with E-state index in [1.165, 1.54) is 0 Å². The van der Waals surface area contributed by atoms with Crippen LogP contribution in [0.1, 0.15) is 118 Å². The van der Waals surface area contributed by atoms with Crippen molar-refractivity contribution < 1.29 is 20.1 Å². The number of unbranched alkanes of at least 4 members (excludes halogenated alkanes) is 2. The van der Waals surface area contributed by atoms with Crippen molar-refractivity contribution in [3.8, 4) is 0 Å². The van der Waals surface area contributed by atoms with Crippen LogP contribution >= 0.6 is 0 Å². The fourth-order valence-electron chi connectivity index (χ4n) is 6.40. The van der Waals surface area contributed by atoms with Gasteiger partial charge in [0.1, 0.15) is 12.2 Å². The molecule has 1 aromatic carbocycles. The lowest BCUT2D eigenvalue weighted by atomic mass is 9.73. The van der Waals surface area contributed by atoms with E-state index in [2.05, 4.69) is 91.8 Å². The van der Waals surface area contributed by atoms with Crippen LogP contribution < -0.4 is 0 Å². The molecule has 0 spiro atoms. The average molecular weight is 579 g/mol. The van der Waals surface area contributed by atoms with E-state index in [4.69, 9.17) is 4.74 Å². The maximum Gasteiger partial charge on any atom is 0.100 e. The summed E-state index contributed by atoms with van der Waals surface area (Å²) in [6.45, 7) is 17.4. The van der Waals surface area contributed by atoms with Crippen molar-refractivity contribution >= 4 is 11.1 Å². The Labute approximate surface area is 256 Å². The Bertz CT molecular complexity index is 1100. The molecular formula is C38H58O4. The van der Waals surface area contributed by atoms with Crippen LogP contribution in [0.25, 0.3) is 11.1 Å². The van der Waals surface area contributed by atoms with Crippen molar-refractivity contribution in [1.82, 2.24) is 0 Å². The van der Waals surface area contributed by atoms with Gasteiger partial charge in [0.2, 0.25) is 0 Å². The van der Waals surface area contributed by atoms with Crippen molar-refractivity contribution in [3.05, 3.63) is 70.8 Å². The average Bonchev–Trinajstić information content (AvgIpc) is 2.92. The Morgan fingerprint density at radius 2 is 1.12 bits per heavy atom. The van der Waals surface area contributed by atoms with Crippen LogP contribution in [0.2, 0.25) is 0 Å². The predicted octanol–water partition coefficient (Wildman–Crippen LogP) is 8.67. The lowest BCUT2D eigenvalue weighted by Gasteiger charge is -2.34. The second kappa shape index (κ2) is 13.8. The van der Waals surface area contributed by atoms with Crippen LogP contribution in [0.3, 0.4) is 0 Å². The molecule has 2 atom stereocenters. The van der Waals surface area contributed by atoms with Crippen molar-refractivity contribution in [3.63, 3.8) is 0 Å². The minimum Gasteiger partial charge on any atom is -0.396 e. The second-order valence-electron chi connectivity index (χ2n) is 15.3. The third-order valence-electron chi connectivity index (χ3n) is 9.05. The zero-order valence-corrected chi connectivity index (χ0v) is 27.9. The highest BCUT2D eigenvalue weighted by atomic mass is 16.5. The zero-order valence-electron chi connectivity index (χ0n) is 27.9. The first-order valence-electron chi connectivity index (χ1n) is 16.0. The lowest BCUT2D eigenvalue weighted by Crippen LogP contribution is -2.26. The number of aliphatic hydroxyl groups excluding tert-OH is 3. The number of aliphatic hydroxyl groups is 3. The van der Waals surface area contributed by atoms with Crippen molar-refractivity contribution in [2.75, 3.05) is 13.7 Å². The molecule has 4 heteroatoms. The highest BCUT2D eigenvalue weighted by Crippen LogP contribution is 2.44. The van der Waals surface area contributed by atoms with Crippen LogP contribution in [-0.2, 0) is 4.74 Å². The molecule has 0 aromatic heterocycles. The molecule has 0 radical (unpaired) electrons. The monoisotopic (exact) mass is 578 g/mol. The number of allylic oxidation sites excluding steroid dienone is 4. The first-order valence-corrected chi connectivity index (χ1v) is 16.0. The van der Waals surface area contributed by atoms with Gasteiger partial charge in [-0.05, 0) is 91.2 Å². The lowest BCUT2D eigenvalue weighted by molar-refractivity contribution is 0.0135. The van der Waals surface area contributed by atoms with Crippen LogP contribution in [0.15, 0.2) is 59.7 Å². The van der Waals surface area contributed by atoms with Crippen molar-refractivity contribution in [2.45, 2.75) is 125 Å². The number of rotatable bonds is 14. The van der Waals surface area contributed by atoms with Gasteiger partial charge in [-0.2, -0.15) is 0 Å². The molecule has 3 N–H and O–H groups in total. The zero-order chi connectivity index (χ0) is 31.3. The van der Waals surface area contributed by atoms with Crippen molar-refractivity contribution in [2.24, 2.45) is 16.2 Å². The fraction of sp³-hybridized carbons (Fsp3) is 0.632. The largest absolute Gasteiger partial charge is 0.396 e. The summed E-state index contributed by atoms with van der Waals surface area (Å²) in [6, 6.07) is 8.26. The molecule has 234 valence electrons. The third-order valence-corrected chi connectivity index (χ3v) is 9.05. The van der Waals surface area contributed by atoms with E-state index in [0.717, 1.165) is 84.8 Å². The summed E-state index contributed by atoms with van der Waals surface area (Å²) in [5.41, 5.74) is 5.40. The Balaban J connectivity index is 1.84. The number of ether oxygens (including phenoxy) is 1. The summed E-state index contributed by atoms with van der Waals surface area (Å²) in [4.78, 5) is 0. The summed E-state index contributed by atoms with van der Waals surface area (Å²) in [6.07, 6.45) is 15.2. The van der Waals surface area contributed by atoms with E-state index < -0.39 is 12.2 Å². The normalized spacial score (nSPS) is 22.3. The number of hydrogen-bond acceptors (Lipinski definition) is 4. The second-order valence-corrected chi connectivity index (χ2v) is 15.3. The van der Waals surface area contributed by atoms with E-state index in [9.17, 15) is 15.3 Å². The van der Waals surface area contributed by atoms with Crippen LogP contribution in [0.4, 0.5) is 0 Å². The minimum absolute atomic E-state index is 0.0705. The molecule has 2 unspecified atom stereocenters. The van der Waals surface area contributed by atoms with E-state index in [-0.39, 0.29) is 28.5 Å². The van der Waals surface area contributed by atoms with Gasteiger partial charge in [-0.25, -0.2) is 0 Å². The first kappa shape index (κ1) is 34.5. The summed E-state index contributed by atoms with van der Waals surface area (Å²) in [7, 11) is 1.77. The molecule has 2 aliphatic rings. The Hall–Kier alpha value is -1.98. The molecule has 0 bridgehead atoms. The molecule has 0 fully saturated rings. The summed E-state index contributed by atoms with van der Waals surface area (Å²) < 4.78 is 5.59. The SMILES string of the molecule is COC(C)(C)CCCCC1=CC(C)(C)C=C(c2ccccc2C2=CC(C)(C)C=C(CCCCC(C)(C)CO)C2O)C1O. The molecule has 0 heterocycles. The maximum atomic E-state index is 11.7. The Kier molecular flexibility index (Phi) is 11.3. The number of hydrogen-bond donors (Lipinski definition) is 3. The van der Waals surface area contributed by atoms with Gasteiger partial charge >= 0.3 is 0 Å². The summed E-state index contributed by atoms with van der Waals surface area (Å²) in [5, 5.41) is 33.0. The maximum absolute atomic E-state index is 11.7. The number of methoxy groups -OCH3 is 1. The van der Waals surface area contributed by atoms with Crippen LogP contribution in [0.5, 0.6) is 0 Å². The minimum atomic E-state index is -0.682. The van der Waals surface area contributed by atoms with Gasteiger partial charge in [0, 0.05) is 24.5 Å². The van der Waals surface area contributed by atoms with Crippen LogP contribution in [-0.4, -0.2) is 46.8 Å². The van der Waals surface area contributed by atoms with Gasteiger partial charge < -0.3 is 20.1 Å². The molecule has 1 aromatic rings. The molecule has 2 aliphatic carbocycles. The van der Waals surface area contributed by atoms with E-state index >= 15 is 0 Å². The van der Waals surface area contributed by atoms with E-state index in [1.807, 2.05) is 12.1 Å². The number of benzene rings is 1. The van der Waals surface area contributed by atoms with Gasteiger partial charge in [-0.1, -0.05) is 103 Å². The van der Waals surface area contributed by atoms with Gasteiger partial charge in [0.25, 0.3) is 0 Å². The highest BCUT2D eigenvalue weighted by Gasteiger charge is 2.33. The fourth-order valence-corrected chi connectivity index (χ4v) is 6.40. The topological polar surface area (TPSA) is 69.9 Å². The molecule has 0 aliphatic heterocycles. The standard InChI is InChI=1S/C38H58O4/c1-35(2,26-39)20-14-12-16-27-22-36(3,4)24-31(33(27)40)29-18-10-11-19-30(29)32-25-37(5,6)23-28(34(32)41)17-13-15-21-38(7,8)42-9/h10-11,18-19,22-25,33-34,39-41H,12-17,20-21,26H2,1-9H3. The van der Waals surface area contributed by atoms with E-state index in [1.54, 1.807) is 7.11 Å². The molecule has 42 heavy (non-hydrogen) atoms. The molecule has 0 saturated heterocycles. The summed E-state index contributed by atoms with van der Waals surface area (Å²) >= 11 is 0. The van der Waals surface area contributed by atoms with Crippen LogP contribution in [0, 0.1) is 16.2 Å². The Morgan fingerprint density at radius 3 is 1.52 bits per heavy atom. The van der Waals surface area contributed by atoms with Crippen molar-refractivity contribution in [1.29, 1.82) is 0 Å². The summed E-state index contributed by atoms with van der Waals surface area (Å²) in [5.74, 6) is 0. The van der Waals surface area contributed by atoms with Gasteiger partial charge in [-0.15, -0.1) is 0 Å². The van der Waals surface area contributed by atoms with Gasteiger partial charge in [0.05, 0.1) is 5.60 Å². The quantitative estimate of drug-likeness (QED) is 0.153. The first-order chi connectivity index (χ1) is 19.5.